The van der Waals surface area contributed by atoms with Crippen molar-refractivity contribution in [2.45, 2.75) is 51.5 Å². The lowest BCUT2D eigenvalue weighted by Gasteiger charge is -2.27. The molecular formula is C16H24ClN. The van der Waals surface area contributed by atoms with Crippen LogP contribution in [0.25, 0.3) is 0 Å². The van der Waals surface area contributed by atoms with Crippen molar-refractivity contribution >= 4 is 11.6 Å². The molecule has 1 fully saturated rings. The monoisotopic (exact) mass is 265 g/mol. The Morgan fingerprint density at radius 2 is 2.00 bits per heavy atom. The lowest BCUT2D eigenvalue weighted by molar-refractivity contribution is 0.305. The molecule has 0 saturated heterocycles. The van der Waals surface area contributed by atoms with E-state index < -0.39 is 0 Å². The summed E-state index contributed by atoms with van der Waals surface area (Å²) in [5.74, 6) is 0.895. The molecule has 1 saturated carbocycles. The van der Waals surface area contributed by atoms with Gasteiger partial charge in [-0.2, -0.15) is 0 Å². The predicted molar refractivity (Wildman–Crippen MR) is 79.2 cm³/mol. The van der Waals surface area contributed by atoms with Crippen LogP contribution in [-0.2, 0) is 0 Å². The van der Waals surface area contributed by atoms with E-state index in [1.807, 2.05) is 6.07 Å². The van der Waals surface area contributed by atoms with Crippen molar-refractivity contribution in [3.05, 3.63) is 34.3 Å². The zero-order valence-electron chi connectivity index (χ0n) is 11.5. The second-order valence-electron chi connectivity index (χ2n) is 5.58. The summed E-state index contributed by atoms with van der Waals surface area (Å²) in [5.41, 5.74) is 2.71. The molecular weight excluding hydrogens is 242 g/mol. The highest BCUT2D eigenvalue weighted by Crippen LogP contribution is 2.33. The van der Waals surface area contributed by atoms with E-state index in [0.29, 0.717) is 6.04 Å². The van der Waals surface area contributed by atoms with Gasteiger partial charge in [0, 0.05) is 11.1 Å². The predicted octanol–water partition coefficient (Wildman–Crippen LogP) is 4.88. The van der Waals surface area contributed by atoms with Crippen molar-refractivity contribution in [2.24, 2.45) is 5.92 Å². The second-order valence-corrected chi connectivity index (χ2v) is 6.02. The first-order valence-corrected chi connectivity index (χ1v) is 7.52. The van der Waals surface area contributed by atoms with Gasteiger partial charge in [0.05, 0.1) is 0 Å². The van der Waals surface area contributed by atoms with Crippen LogP contribution in [0.2, 0.25) is 5.02 Å². The minimum absolute atomic E-state index is 0.477. The van der Waals surface area contributed by atoms with E-state index in [1.165, 1.54) is 49.7 Å². The van der Waals surface area contributed by atoms with Gasteiger partial charge >= 0.3 is 0 Å². The summed E-state index contributed by atoms with van der Waals surface area (Å²) in [6.07, 6.45) is 8.34. The molecule has 0 amide bonds. The third-order valence-corrected chi connectivity index (χ3v) is 4.48. The van der Waals surface area contributed by atoms with Crippen LogP contribution < -0.4 is 5.32 Å². The summed E-state index contributed by atoms with van der Waals surface area (Å²) in [4.78, 5) is 0. The van der Waals surface area contributed by atoms with Crippen molar-refractivity contribution in [3.63, 3.8) is 0 Å². The largest absolute Gasteiger partial charge is 0.313 e. The first kappa shape index (κ1) is 13.9. The number of halogens is 1. The van der Waals surface area contributed by atoms with Crippen LogP contribution >= 0.6 is 11.6 Å². The molecule has 0 aliphatic heterocycles. The van der Waals surface area contributed by atoms with Gasteiger partial charge in [-0.3, -0.25) is 0 Å². The fourth-order valence-electron chi connectivity index (χ4n) is 3.19. The normalized spacial score (nSPS) is 18.8. The van der Waals surface area contributed by atoms with Crippen molar-refractivity contribution in [3.8, 4) is 0 Å². The van der Waals surface area contributed by atoms with Gasteiger partial charge in [0.1, 0.15) is 0 Å². The Morgan fingerprint density at radius 1 is 1.28 bits per heavy atom. The molecule has 1 aliphatic carbocycles. The zero-order valence-corrected chi connectivity index (χ0v) is 12.3. The molecule has 0 bridgehead atoms. The highest BCUT2D eigenvalue weighted by Gasteiger charge is 2.20. The van der Waals surface area contributed by atoms with E-state index in [4.69, 9.17) is 11.6 Å². The molecule has 1 aromatic rings. The van der Waals surface area contributed by atoms with Crippen LogP contribution in [0.15, 0.2) is 18.2 Å². The summed E-state index contributed by atoms with van der Waals surface area (Å²) in [5, 5.41) is 4.32. The third-order valence-electron chi connectivity index (χ3n) is 4.25. The molecule has 0 spiro atoms. The first-order valence-electron chi connectivity index (χ1n) is 7.14. The maximum atomic E-state index is 6.04. The van der Waals surface area contributed by atoms with Gasteiger partial charge in [0.15, 0.2) is 0 Å². The van der Waals surface area contributed by atoms with Gasteiger partial charge in [-0.25, -0.2) is 0 Å². The fourth-order valence-corrected chi connectivity index (χ4v) is 3.41. The number of hydrogen-bond acceptors (Lipinski definition) is 1. The van der Waals surface area contributed by atoms with Gasteiger partial charge < -0.3 is 5.32 Å². The summed E-state index contributed by atoms with van der Waals surface area (Å²) in [6, 6.07) is 6.74. The van der Waals surface area contributed by atoms with Crippen LogP contribution in [0.4, 0.5) is 0 Å². The molecule has 0 aromatic heterocycles. The lowest BCUT2D eigenvalue weighted by Crippen LogP contribution is -2.22. The van der Waals surface area contributed by atoms with Gasteiger partial charge in [-0.05, 0) is 49.6 Å². The maximum absolute atomic E-state index is 6.04. The van der Waals surface area contributed by atoms with Crippen molar-refractivity contribution in [1.29, 1.82) is 0 Å². The standard InChI is InChI=1S/C16H24ClN/c1-12-10-14(17)8-9-15(12)16(18-2)11-13-6-4-3-5-7-13/h8-10,13,16,18H,3-7,11H2,1-2H3. The fraction of sp³-hybridized carbons (Fsp3) is 0.625. The summed E-state index contributed by atoms with van der Waals surface area (Å²) < 4.78 is 0. The van der Waals surface area contributed by atoms with E-state index in [9.17, 15) is 0 Å². The average molecular weight is 266 g/mol. The van der Waals surface area contributed by atoms with E-state index >= 15 is 0 Å². The van der Waals surface area contributed by atoms with Crippen LogP contribution in [0, 0.1) is 12.8 Å². The van der Waals surface area contributed by atoms with Gasteiger partial charge in [0.25, 0.3) is 0 Å². The molecule has 1 unspecified atom stereocenters. The number of nitrogens with one attached hydrogen (secondary N) is 1. The molecule has 2 rings (SSSR count). The summed E-state index contributed by atoms with van der Waals surface area (Å²) in [7, 11) is 2.07. The minimum atomic E-state index is 0.477. The van der Waals surface area contributed by atoms with E-state index in [2.05, 4.69) is 31.4 Å². The Hall–Kier alpha value is -0.530. The Morgan fingerprint density at radius 3 is 2.61 bits per heavy atom. The third kappa shape index (κ3) is 3.49. The Kier molecular flexibility index (Phi) is 5.08. The van der Waals surface area contributed by atoms with Crippen LogP contribution in [0.5, 0.6) is 0 Å². The number of benzene rings is 1. The topological polar surface area (TPSA) is 12.0 Å². The Balaban J connectivity index is 2.07. The van der Waals surface area contributed by atoms with Crippen molar-refractivity contribution in [2.75, 3.05) is 7.05 Å². The van der Waals surface area contributed by atoms with Crippen LogP contribution in [0.1, 0.15) is 55.7 Å². The Labute approximate surface area is 116 Å². The summed E-state index contributed by atoms with van der Waals surface area (Å²) in [6.45, 7) is 2.16. The lowest BCUT2D eigenvalue weighted by atomic mass is 9.83. The zero-order chi connectivity index (χ0) is 13.0. The Bertz CT molecular complexity index is 383. The van der Waals surface area contributed by atoms with Crippen molar-refractivity contribution < 1.29 is 0 Å². The molecule has 1 aromatic carbocycles. The molecule has 18 heavy (non-hydrogen) atoms. The van der Waals surface area contributed by atoms with Crippen LogP contribution in [0.3, 0.4) is 0 Å². The highest BCUT2D eigenvalue weighted by molar-refractivity contribution is 6.30. The molecule has 0 radical (unpaired) electrons. The van der Waals surface area contributed by atoms with Gasteiger partial charge in [0.2, 0.25) is 0 Å². The smallest absolute Gasteiger partial charge is 0.0408 e. The van der Waals surface area contributed by atoms with E-state index in [1.54, 1.807) is 0 Å². The molecule has 0 heterocycles. The molecule has 1 N–H and O–H groups in total. The molecule has 1 aliphatic rings. The number of aryl methyl sites for hydroxylation is 1. The van der Waals surface area contributed by atoms with E-state index in [0.717, 1.165) is 10.9 Å². The SMILES string of the molecule is CNC(CC1CCCCC1)c1ccc(Cl)cc1C. The summed E-state index contributed by atoms with van der Waals surface area (Å²) >= 11 is 6.04. The number of hydrogen-bond donors (Lipinski definition) is 1. The van der Waals surface area contributed by atoms with Gasteiger partial charge in [-0.1, -0.05) is 49.8 Å². The maximum Gasteiger partial charge on any atom is 0.0408 e. The van der Waals surface area contributed by atoms with Crippen LogP contribution in [-0.4, -0.2) is 7.05 Å². The highest BCUT2D eigenvalue weighted by atomic mass is 35.5. The second kappa shape index (κ2) is 6.58. The molecule has 1 nitrogen and oxygen atoms in total. The average Bonchev–Trinajstić information content (AvgIpc) is 2.38. The molecule has 1 atom stereocenters. The minimum Gasteiger partial charge on any atom is -0.313 e. The number of rotatable bonds is 4. The quantitative estimate of drug-likeness (QED) is 0.818. The van der Waals surface area contributed by atoms with E-state index in [-0.39, 0.29) is 0 Å². The first-order chi connectivity index (χ1) is 8.70. The molecule has 2 heteroatoms. The molecule has 100 valence electrons. The van der Waals surface area contributed by atoms with Crippen molar-refractivity contribution in [1.82, 2.24) is 5.32 Å². The van der Waals surface area contributed by atoms with Gasteiger partial charge in [-0.15, -0.1) is 0 Å².